The van der Waals surface area contributed by atoms with E-state index in [1.807, 2.05) is 52.2 Å². The van der Waals surface area contributed by atoms with Gasteiger partial charge in [-0.2, -0.15) is 0 Å². The van der Waals surface area contributed by atoms with Gasteiger partial charge in [0.1, 0.15) is 0 Å². The van der Waals surface area contributed by atoms with Crippen LogP contribution in [0.5, 0.6) is 0 Å². The molecule has 0 atom stereocenters. The molecule has 4 rings (SSSR count). The van der Waals surface area contributed by atoms with Crippen molar-refractivity contribution in [1.29, 1.82) is 0 Å². The second-order valence-corrected chi connectivity index (χ2v) is 7.35. The second-order valence-electron chi connectivity index (χ2n) is 5.62. The standard InChI is InChI=1S/C17H17N5OS2/c23-16(21-7-9-22(10-8-21)17-18-6-11-24-17)20-15-19-14(12-25-15)13-4-2-1-3-5-13/h1-6,11-12H,7-10H2,(H,19,20,23). The lowest BCUT2D eigenvalue weighted by atomic mass is 10.2. The highest BCUT2D eigenvalue weighted by molar-refractivity contribution is 7.14. The van der Waals surface area contributed by atoms with Gasteiger partial charge < -0.3 is 9.80 Å². The number of urea groups is 1. The number of carbonyl (C=O) groups excluding carboxylic acids is 1. The fourth-order valence-corrected chi connectivity index (χ4v) is 4.12. The van der Waals surface area contributed by atoms with Crippen LogP contribution in [0.4, 0.5) is 15.1 Å². The molecule has 1 saturated heterocycles. The summed E-state index contributed by atoms with van der Waals surface area (Å²) in [6, 6.07) is 9.87. The van der Waals surface area contributed by atoms with Gasteiger partial charge in [0.15, 0.2) is 10.3 Å². The number of nitrogens with zero attached hydrogens (tertiary/aromatic N) is 4. The molecule has 1 N–H and O–H groups in total. The molecule has 3 heterocycles. The Morgan fingerprint density at radius 3 is 2.60 bits per heavy atom. The van der Waals surface area contributed by atoms with Crippen molar-refractivity contribution in [1.82, 2.24) is 14.9 Å². The van der Waals surface area contributed by atoms with Crippen LogP contribution in [0.15, 0.2) is 47.3 Å². The van der Waals surface area contributed by atoms with E-state index in [9.17, 15) is 4.79 Å². The Morgan fingerprint density at radius 2 is 1.88 bits per heavy atom. The first-order valence-corrected chi connectivity index (χ1v) is 9.77. The average molecular weight is 371 g/mol. The van der Waals surface area contributed by atoms with Gasteiger partial charge in [0, 0.05) is 48.7 Å². The number of hydrogen-bond acceptors (Lipinski definition) is 6. The van der Waals surface area contributed by atoms with E-state index in [1.165, 1.54) is 11.3 Å². The van der Waals surface area contributed by atoms with Gasteiger partial charge in [0.25, 0.3) is 0 Å². The molecule has 0 spiro atoms. The van der Waals surface area contributed by atoms with Crippen LogP contribution in [0.25, 0.3) is 11.3 Å². The summed E-state index contributed by atoms with van der Waals surface area (Å²) < 4.78 is 0. The van der Waals surface area contributed by atoms with E-state index in [0.29, 0.717) is 18.2 Å². The van der Waals surface area contributed by atoms with Crippen LogP contribution in [0.1, 0.15) is 0 Å². The highest BCUT2D eigenvalue weighted by atomic mass is 32.1. The first kappa shape index (κ1) is 16.0. The molecule has 25 heavy (non-hydrogen) atoms. The van der Waals surface area contributed by atoms with Crippen LogP contribution in [0.2, 0.25) is 0 Å². The lowest BCUT2D eigenvalue weighted by Crippen LogP contribution is -2.50. The van der Waals surface area contributed by atoms with Crippen LogP contribution in [-0.4, -0.2) is 47.1 Å². The van der Waals surface area contributed by atoms with Crippen molar-refractivity contribution in [2.24, 2.45) is 0 Å². The zero-order chi connectivity index (χ0) is 17.1. The number of rotatable bonds is 3. The maximum atomic E-state index is 12.5. The first-order valence-electron chi connectivity index (χ1n) is 8.01. The molecule has 6 nitrogen and oxygen atoms in total. The van der Waals surface area contributed by atoms with Crippen molar-refractivity contribution < 1.29 is 4.79 Å². The zero-order valence-corrected chi connectivity index (χ0v) is 15.1. The smallest absolute Gasteiger partial charge is 0.323 e. The minimum atomic E-state index is -0.0900. The number of anilines is 2. The summed E-state index contributed by atoms with van der Waals surface area (Å²) in [7, 11) is 0. The Hall–Kier alpha value is -2.45. The number of thiazole rings is 2. The topological polar surface area (TPSA) is 61.4 Å². The third kappa shape index (κ3) is 3.64. The van der Waals surface area contributed by atoms with Crippen molar-refractivity contribution >= 4 is 39.0 Å². The number of hydrogen-bond donors (Lipinski definition) is 1. The molecule has 1 fully saturated rings. The summed E-state index contributed by atoms with van der Waals surface area (Å²) in [5.41, 5.74) is 1.94. The summed E-state index contributed by atoms with van der Waals surface area (Å²) in [5, 5.41) is 8.50. The summed E-state index contributed by atoms with van der Waals surface area (Å²) in [6.45, 7) is 2.97. The van der Waals surface area contributed by atoms with E-state index >= 15 is 0 Å². The molecule has 128 valence electrons. The van der Waals surface area contributed by atoms with Crippen molar-refractivity contribution in [2.75, 3.05) is 36.4 Å². The number of piperazine rings is 1. The third-order valence-electron chi connectivity index (χ3n) is 4.04. The largest absolute Gasteiger partial charge is 0.345 e. The summed E-state index contributed by atoms with van der Waals surface area (Å²) in [5.74, 6) is 0. The van der Waals surface area contributed by atoms with Gasteiger partial charge in [0.2, 0.25) is 0 Å². The van der Waals surface area contributed by atoms with E-state index in [0.717, 1.165) is 29.5 Å². The molecule has 0 radical (unpaired) electrons. The van der Waals surface area contributed by atoms with Crippen molar-refractivity contribution in [3.8, 4) is 11.3 Å². The van der Waals surface area contributed by atoms with E-state index in [1.54, 1.807) is 11.3 Å². The molecule has 0 unspecified atom stereocenters. The Balaban J connectivity index is 1.34. The van der Waals surface area contributed by atoms with Crippen LogP contribution in [0, 0.1) is 0 Å². The Labute approximate surface area is 153 Å². The summed E-state index contributed by atoms with van der Waals surface area (Å²) >= 11 is 3.08. The van der Waals surface area contributed by atoms with Gasteiger partial charge >= 0.3 is 6.03 Å². The fraction of sp³-hybridized carbons (Fsp3) is 0.235. The predicted molar refractivity (Wildman–Crippen MR) is 102 cm³/mol. The quantitative estimate of drug-likeness (QED) is 0.764. The maximum absolute atomic E-state index is 12.5. The lowest BCUT2D eigenvalue weighted by Gasteiger charge is -2.34. The van der Waals surface area contributed by atoms with E-state index in [-0.39, 0.29) is 6.03 Å². The minimum Gasteiger partial charge on any atom is -0.345 e. The molecule has 3 aromatic rings. The molecule has 1 aromatic carbocycles. The monoisotopic (exact) mass is 371 g/mol. The predicted octanol–water partition coefficient (Wildman–Crippen LogP) is 3.62. The molecular formula is C17H17N5OS2. The number of aromatic nitrogens is 2. The number of benzene rings is 1. The second kappa shape index (κ2) is 7.20. The molecule has 0 bridgehead atoms. The van der Waals surface area contributed by atoms with E-state index < -0.39 is 0 Å². The summed E-state index contributed by atoms with van der Waals surface area (Å²) in [4.78, 5) is 25.3. The highest BCUT2D eigenvalue weighted by Crippen LogP contribution is 2.25. The Bertz CT molecular complexity index is 826. The summed E-state index contributed by atoms with van der Waals surface area (Å²) in [6.07, 6.45) is 1.81. The molecule has 1 aliphatic rings. The van der Waals surface area contributed by atoms with Crippen molar-refractivity contribution in [3.05, 3.63) is 47.3 Å². The number of amides is 2. The highest BCUT2D eigenvalue weighted by Gasteiger charge is 2.23. The van der Waals surface area contributed by atoms with Gasteiger partial charge in [-0.1, -0.05) is 30.3 Å². The number of nitrogens with one attached hydrogen (secondary N) is 1. The van der Waals surface area contributed by atoms with Crippen LogP contribution >= 0.6 is 22.7 Å². The normalized spacial score (nSPS) is 14.6. The van der Waals surface area contributed by atoms with Crippen LogP contribution < -0.4 is 10.2 Å². The molecule has 0 saturated carbocycles. The average Bonchev–Trinajstić information content (AvgIpc) is 3.35. The molecule has 2 amide bonds. The fourth-order valence-electron chi connectivity index (χ4n) is 2.72. The minimum absolute atomic E-state index is 0.0900. The maximum Gasteiger partial charge on any atom is 0.323 e. The van der Waals surface area contributed by atoms with Crippen molar-refractivity contribution in [2.45, 2.75) is 0 Å². The number of carbonyl (C=O) groups is 1. The van der Waals surface area contributed by atoms with Gasteiger partial charge in [-0.05, 0) is 0 Å². The van der Waals surface area contributed by atoms with Gasteiger partial charge in [0.05, 0.1) is 5.69 Å². The lowest BCUT2D eigenvalue weighted by molar-refractivity contribution is 0.208. The van der Waals surface area contributed by atoms with Gasteiger partial charge in [-0.3, -0.25) is 5.32 Å². The van der Waals surface area contributed by atoms with Gasteiger partial charge in [-0.15, -0.1) is 22.7 Å². The van der Waals surface area contributed by atoms with Gasteiger partial charge in [-0.25, -0.2) is 14.8 Å². The molecule has 2 aromatic heterocycles. The molecule has 0 aliphatic carbocycles. The molecule has 1 aliphatic heterocycles. The van der Waals surface area contributed by atoms with Crippen LogP contribution in [-0.2, 0) is 0 Å². The zero-order valence-electron chi connectivity index (χ0n) is 13.5. The molecular weight excluding hydrogens is 354 g/mol. The Kier molecular flexibility index (Phi) is 4.62. The van der Waals surface area contributed by atoms with E-state index in [2.05, 4.69) is 20.2 Å². The Morgan fingerprint density at radius 1 is 1.08 bits per heavy atom. The van der Waals surface area contributed by atoms with Crippen molar-refractivity contribution in [3.63, 3.8) is 0 Å². The third-order valence-corrected chi connectivity index (χ3v) is 5.63. The van der Waals surface area contributed by atoms with Crippen LogP contribution in [0.3, 0.4) is 0 Å². The SMILES string of the molecule is O=C(Nc1nc(-c2ccccc2)cs1)N1CCN(c2nccs2)CC1. The molecule has 8 heteroatoms. The van der Waals surface area contributed by atoms with E-state index in [4.69, 9.17) is 0 Å². The first-order chi connectivity index (χ1) is 12.3.